The third-order valence-corrected chi connectivity index (χ3v) is 1.34. The summed E-state index contributed by atoms with van der Waals surface area (Å²) in [5.41, 5.74) is 1.64. The number of benzene rings is 1. The summed E-state index contributed by atoms with van der Waals surface area (Å²) in [6.45, 7) is -0.125. The fraction of sp³-hybridized carbons (Fsp3) is 0.0909. The molecule has 1 rings (SSSR count). The molecule has 0 saturated heterocycles. The summed E-state index contributed by atoms with van der Waals surface area (Å²) in [5.74, 6) is 7.84. The van der Waals surface area contributed by atoms with E-state index in [1.807, 2.05) is 24.3 Å². The predicted octanol–water partition coefficient (Wildman–Crippen LogP) is 1.01. The zero-order valence-electron chi connectivity index (χ0n) is 6.54. The summed E-state index contributed by atoms with van der Waals surface area (Å²) in [6.07, 6.45) is 5.20. The summed E-state index contributed by atoms with van der Waals surface area (Å²) in [4.78, 5) is 0. The fourth-order valence-corrected chi connectivity index (χ4v) is 0.828. The van der Waals surface area contributed by atoms with Crippen molar-refractivity contribution in [2.75, 3.05) is 6.61 Å². The average molecular weight is 156 g/mol. The van der Waals surface area contributed by atoms with Gasteiger partial charge in [0, 0.05) is 11.1 Å². The highest BCUT2D eigenvalue weighted by molar-refractivity contribution is 5.42. The predicted molar refractivity (Wildman–Crippen MR) is 48.3 cm³/mol. The normalized spacial score (nSPS) is 8.00. The minimum atomic E-state index is -0.125. The summed E-state index contributed by atoms with van der Waals surface area (Å²) in [5, 5.41) is 8.44. The fourth-order valence-electron chi connectivity index (χ4n) is 0.828. The van der Waals surface area contributed by atoms with Crippen molar-refractivity contribution in [3.8, 4) is 24.2 Å². The van der Waals surface area contributed by atoms with Gasteiger partial charge in [0.05, 0.1) is 0 Å². The van der Waals surface area contributed by atoms with Crippen LogP contribution >= 0.6 is 0 Å². The van der Waals surface area contributed by atoms with Gasteiger partial charge in [-0.05, 0) is 18.2 Å². The Morgan fingerprint density at radius 1 is 1.33 bits per heavy atom. The van der Waals surface area contributed by atoms with Gasteiger partial charge in [-0.1, -0.05) is 23.8 Å². The van der Waals surface area contributed by atoms with Crippen LogP contribution in [0.2, 0.25) is 0 Å². The highest BCUT2D eigenvalue weighted by Crippen LogP contribution is 2.01. The zero-order chi connectivity index (χ0) is 8.81. The van der Waals surface area contributed by atoms with E-state index < -0.39 is 0 Å². The number of hydrogen-bond donors (Lipinski definition) is 1. The molecule has 0 spiro atoms. The second-order valence-electron chi connectivity index (χ2n) is 2.19. The van der Waals surface area contributed by atoms with Gasteiger partial charge >= 0.3 is 0 Å². The van der Waals surface area contributed by atoms with Gasteiger partial charge in [0.25, 0.3) is 0 Å². The van der Waals surface area contributed by atoms with Gasteiger partial charge in [0.15, 0.2) is 0 Å². The first-order valence-electron chi connectivity index (χ1n) is 3.53. The molecule has 0 fully saturated rings. The van der Waals surface area contributed by atoms with E-state index in [1.54, 1.807) is 0 Å². The molecule has 1 aromatic rings. The lowest BCUT2D eigenvalue weighted by Crippen LogP contribution is -1.78. The highest BCUT2D eigenvalue weighted by atomic mass is 16.2. The third kappa shape index (κ3) is 2.16. The largest absolute Gasteiger partial charge is 0.384 e. The molecule has 0 aliphatic carbocycles. The molecule has 0 bridgehead atoms. The number of aliphatic hydroxyl groups is 1. The lowest BCUT2D eigenvalue weighted by molar-refractivity contribution is 0.350. The first-order valence-corrected chi connectivity index (χ1v) is 3.53. The van der Waals surface area contributed by atoms with E-state index in [9.17, 15) is 0 Å². The molecule has 1 heteroatoms. The Morgan fingerprint density at radius 2 is 2.08 bits per heavy atom. The number of terminal acetylenes is 1. The molecule has 1 aromatic carbocycles. The molecular weight excluding hydrogens is 148 g/mol. The molecule has 0 aromatic heterocycles. The Balaban J connectivity index is 2.96. The quantitative estimate of drug-likeness (QED) is 0.556. The second kappa shape index (κ2) is 4.23. The maximum Gasteiger partial charge on any atom is 0.104 e. The Labute approximate surface area is 72.0 Å². The van der Waals surface area contributed by atoms with Gasteiger partial charge in [-0.3, -0.25) is 0 Å². The van der Waals surface area contributed by atoms with Crippen molar-refractivity contribution in [1.29, 1.82) is 0 Å². The van der Waals surface area contributed by atoms with Crippen LogP contribution in [0.25, 0.3) is 0 Å². The number of hydrogen-bond acceptors (Lipinski definition) is 1. The third-order valence-electron chi connectivity index (χ3n) is 1.34. The van der Waals surface area contributed by atoms with Crippen LogP contribution in [0.1, 0.15) is 11.1 Å². The monoisotopic (exact) mass is 156 g/mol. The van der Waals surface area contributed by atoms with Crippen LogP contribution in [0.4, 0.5) is 0 Å². The average Bonchev–Trinajstić information content (AvgIpc) is 2.15. The topological polar surface area (TPSA) is 20.2 Å². The second-order valence-corrected chi connectivity index (χ2v) is 2.19. The van der Waals surface area contributed by atoms with Gasteiger partial charge < -0.3 is 5.11 Å². The molecule has 0 atom stereocenters. The molecule has 1 nitrogen and oxygen atoms in total. The molecule has 0 heterocycles. The molecule has 58 valence electrons. The van der Waals surface area contributed by atoms with Gasteiger partial charge in [-0.15, -0.1) is 6.42 Å². The van der Waals surface area contributed by atoms with Crippen molar-refractivity contribution in [2.24, 2.45) is 0 Å². The molecule has 0 unspecified atom stereocenters. The van der Waals surface area contributed by atoms with Gasteiger partial charge in [0.2, 0.25) is 0 Å². The summed E-state index contributed by atoms with van der Waals surface area (Å²) in [6, 6.07) is 7.34. The Hall–Kier alpha value is -1.70. The van der Waals surface area contributed by atoms with E-state index in [-0.39, 0.29) is 6.61 Å². The maximum absolute atomic E-state index is 8.44. The molecule has 1 N–H and O–H groups in total. The van der Waals surface area contributed by atoms with Gasteiger partial charge in [-0.25, -0.2) is 0 Å². The first-order chi connectivity index (χ1) is 5.86. The van der Waals surface area contributed by atoms with E-state index in [0.717, 1.165) is 11.1 Å². The van der Waals surface area contributed by atoms with E-state index in [2.05, 4.69) is 17.8 Å². The van der Waals surface area contributed by atoms with Crippen LogP contribution in [-0.4, -0.2) is 11.7 Å². The molecule has 0 saturated carbocycles. The van der Waals surface area contributed by atoms with Crippen LogP contribution in [0.5, 0.6) is 0 Å². The maximum atomic E-state index is 8.44. The van der Waals surface area contributed by atoms with Crippen molar-refractivity contribution in [3.05, 3.63) is 35.4 Å². The molecule has 0 amide bonds. The Kier molecular flexibility index (Phi) is 2.96. The van der Waals surface area contributed by atoms with Crippen molar-refractivity contribution in [3.63, 3.8) is 0 Å². The molecule has 0 radical (unpaired) electrons. The van der Waals surface area contributed by atoms with Gasteiger partial charge in [0.1, 0.15) is 6.61 Å². The summed E-state index contributed by atoms with van der Waals surface area (Å²) >= 11 is 0. The van der Waals surface area contributed by atoms with Crippen LogP contribution in [-0.2, 0) is 0 Å². The lowest BCUT2D eigenvalue weighted by atomic mass is 10.1. The molecule has 12 heavy (non-hydrogen) atoms. The number of aliphatic hydroxyl groups excluding tert-OH is 1. The molecule has 0 aliphatic heterocycles. The molecular formula is C11H8O. The van der Waals surface area contributed by atoms with Crippen molar-refractivity contribution in [2.45, 2.75) is 0 Å². The van der Waals surface area contributed by atoms with Crippen LogP contribution in [0, 0.1) is 24.2 Å². The van der Waals surface area contributed by atoms with Crippen LogP contribution in [0.3, 0.4) is 0 Å². The number of rotatable bonds is 0. The van der Waals surface area contributed by atoms with Crippen LogP contribution < -0.4 is 0 Å². The van der Waals surface area contributed by atoms with Crippen molar-refractivity contribution in [1.82, 2.24) is 0 Å². The van der Waals surface area contributed by atoms with Crippen molar-refractivity contribution < 1.29 is 5.11 Å². The minimum Gasteiger partial charge on any atom is -0.384 e. The van der Waals surface area contributed by atoms with E-state index in [0.29, 0.717) is 0 Å². The van der Waals surface area contributed by atoms with Crippen molar-refractivity contribution >= 4 is 0 Å². The van der Waals surface area contributed by atoms with E-state index >= 15 is 0 Å². The molecule has 0 aliphatic rings. The lowest BCUT2D eigenvalue weighted by Gasteiger charge is -1.90. The van der Waals surface area contributed by atoms with Crippen LogP contribution in [0.15, 0.2) is 24.3 Å². The zero-order valence-corrected chi connectivity index (χ0v) is 6.54. The SMILES string of the molecule is C#Cc1cccc(C#CCO)c1. The summed E-state index contributed by atoms with van der Waals surface area (Å²) < 4.78 is 0. The smallest absolute Gasteiger partial charge is 0.104 e. The Morgan fingerprint density at radius 3 is 2.75 bits per heavy atom. The first kappa shape index (κ1) is 8.40. The van der Waals surface area contributed by atoms with Gasteiger partial charge in [-0.2, -0.15) is 0 Å². The van der Waals surface area contributed by atoms with E-state index in [4.69, 9.17) is 11.5 Å². The highest BCUT2D eigenvalue weighted by Gasteiger charge is 1.87. The Bertz CT molecular complexity index is 361. The van der Waals surface area contributed by atoms with E-state index in [1.165, 1.54) is 0 Å². The summed E-state index contributed by atoms with van der Waals surface area (Å²) in [7, 11) is 0. The minimum absolute atomic E-state index is 0.125. The standard InChI is InChI=1S/C11H8O/c1-2-10-5-3-6-11(9-10)7-4-8-12/h1,3,5-6,9,12H,8H2.